The Balaban J connectivity index is 2.64. The third-order valence-corrected chi connectivity index (χ3v) is 3.40. The van der Waals surface area contributed by atoms with E-state index in [0.29, 0.717) is 16.9 Å². The summed E-state index contributed by atoms with van der Waals surface area (Å²) in [5.41, 5.74) is 1.10. The summed E-state index contributed by atoms with van der Waals surface area (Å²) in [4.78, 5) is 0. The molecule has 0 unspecified atom stereocenters. The maximum atomic E-state index is 13.8. The van der Waals surface area contributed by atoms with Gasteiger partial charge in [0.25, 0.3) is 0 Å². The van der Waals surface area contributed by atoms with E-state index in [1.807, 2.05) is 13.0 Å². The van der Waals surface area contributed by atoms with Crippen LogP contribution in [0, 0.1) is 11.6 Å². The highest BCUT2D eigenvalue weighted by Gasteiger charge is 2.12. The van der Waals surface area contributed by atoms with E-state index in [-0.39, 0.29) is 5.56 Å². The van der Waals surface area contributed by atoms with Gasteiger partial charge in [-0.1, -0.05) is 25.5 Å². The topological polar surface area (TPSA) is 12.0 Å². The molecular formula is C15H20BrF2N. The van der Waals surface area contributed by atoms with Crippen LogP contribution in [0.4, 0.5) is 8.78 Å². The molecular weight excluding hydrogens is 312 g/mol. The molecule has 1 nitrogen and oxygen atoms in total. The summed E-state index contributed by atoms with van der Waals surface area (Å²) >= 11 is 3.08. The van der Waals surface area contributed by atoms with Crippen molar-refractivity contribution in [3.05, 3.63) is 45.5 Å². The Hall–Kier alpha value is -0.740. The molecule has 0 atom stereocenters. The molecule has 0 fully saturated rings. The summed E-state index contributed by atoms with van der Waals surface area (Å²) in [5.74, 6) is -0.998. The standard InChI is InChI=1S/C15H20BrF2N/c1-10(2)19-8-4-5-11(3)9-12-14(17)7-6-13(16)15(12)18/h5-7,10,19H,4,8-9H2,1-3H3/b11-5-. The predicted molar refractivity (Wildman–Crippen MR) is 79.3 cm³/mol. The molecule has 0 spiro atoms. The zero-order valence-electron chi connectivity index (χ0n) is 11.6. The van der Waals surface area contributed by atoms with Crippen molar-refractivity contribution in [1.29, 1.82) is 0 Å². The summed E-state index contributed by atoms with van der Waals surface area (Å²) in [6, 6.07) is 3.13. The van der Waals surface area contributed by atoms with E-state index in [1.165, 1.54) is 12.1 Å². The Morgan fingerprint density at radius 2 is 2.05 bits per heavy atom. The van der Waals surface area contributed by atoms with Crippen molar-refractivity contribution in [2.24, 2.45) is 0 Å². The molecule has 0 aliphatic rings. The van der Waals surface area contributed by atoms with Gasteiger partial charge in [-0.15, -0.1) is 0 Å². The molecule has 0 saturated carbocycles. The van der Waals surface area contributed by atoms with E-state index in [0.717, 1.165) is 18.5 Å². The molecule has 0 radical (unpaired) electrons. The van der Waals surface area contributed by atoms with Crippen LogP contribution in [0.3, 0.4) is 0 Å². The van der Waals surface area contributed by atoms with Gasteiger partial charge in [0, 0.05) is 11.6 Å². The third kappa shape index (κ3) is 5.41. The number of hydrogen-bond acceptors (Lipinski definition) is 1. The summed E-state index contributed by atoms with van der Waals surface area (Å²) in [5, 5.41) is 3.30. The first-order chi connectivity index (χ1) is 8.91. The van der Waals surface area contributed by atoms with Crippen molar-refractivity contribution < 1.29 is 8.78 Å². The van der Waals surface area contributed by atoms with E-state index >= 15 is 0 Å². The smallest absolute Gasteiger partial charge is 0.143 e. The molecule has 1 aromatic carbocycles. The van der Waals surface area contributed by atoms with Gasteiger partial charge in [-0.2, -0.15) is 0 Å². The molecule has 4 heteroatoms. The Kier molecular flexibility index (Phi) is 6.66. The number of hydrogen-bond donors (Lipinski definition) is 1. The first kappa shape index (κ1) is 16.3. The van der Waals surface area contributed by atoms with Crippen LogP contribution in [0.1, 0.15) is 32.8 Å². The monoisotopic (exact) mass is 331 g/mol. The lowest BCUT2D eigenvalue weighted by Crippen LogP contribution is -2.23. The minimum absolute atomic E-state index is 0.125. The van der Waals surface area contributed by atoms with Gasteiger partial charge in [-0.3, -0.25) is 0 Å². The van der Waals surface area contributed by atoms with Crippen LogP contribution in [0.25, 0.3) is 0 Å². The van der Waals surface area contributed by atoms with Crippen LogP contribution in [-0.4, -0.2) is 12.6 Å². The van der Waals surface area contributed by atoms with Crippen molar-refractivity contribution in [3.8, 4) is 0 Å². The lowest BCUT2D eigenvalue weighted by molar-refractivity contribution is 0.556. The van der Waals surface area contributed by atoms with Gasteiger partial charge in [0.05, 0.1) is 4.47 Å². The fourth-order valence-corrected chi connectivity index (χ4v) is 2.14. The van der Waals surface area contributed by atoms with E-state index < -0.39 is 11.6 Å². The second-order valence-electron chi connectivity index (χ2n) is 4.95. The fourth-order valence-electron chi connectivity index (χ4n) is 1.77. The van der Waals surface area contributed by atoms with Crippen molar-refractivity contribution in [3.63, 3.8) is 0 Å². The fraction of sp³-hybridized carbons (Fsp3) is 0.467. The van der Waals surface area contributed by atoms with Crippen molar-refractivity contribution in [1.82, 2.24) is 5.32 Å². The molecule has 0 heterocycles. The first-order valence-corrected chi connectivity index (χ1v) is 7.22. The zero-order chi connectivity index (χ0) is 14.4. The Bertz CT molecular complexity index is 456. The number of benzene rings is 1. The third-order valence-electron chi connectivity index (χ3n) is 2.78. The SMILES string of the molecule is C/C(=C/CCNC(C)C)Cc1c(F)ccc(Br)c1F. The Labute approximate surface area is 122 Å². The van der Waals surface area contributed by atoms with Gasteiger partial charge in [-0.25, -0.2) is 8.78 Å². The van der Waals surface area contributed by atoms with Gasteiger partial charge < -0.3 is 5.32 Å². The van der Waals surface area contributed by atoms with Gasteiger partial charge >= 0.3 is 0 Å². The Morgan fingerprint density at radius 3 is 2.68 bits per heavy atom. The first-order valence-electron chi connectivity index (χ1n) is 6.43. The predicted octanol–water partition coefficient (Wildman–Crippen LogP) is 4.60. The number of nitrogens with one attached hydrogen (secondary N) is 1. The van der Waals surface area contributed by atoms with E-state index in [9.17, 15) is 8.78 Å². The van der Waals surface area contributed by atoms with E-state index in [1.54, 1.807) is 0 Å². The average Bonchev–Trinajstić information content (AvgIpc) is 2.35. The van der Waals surface area contributed by atoms with Gasteiger partial charge in [0.1, 0.15) is 11.6 Å². The second kappa shape index (κ2) is 7.75. The van der Waals surface area contributed by atoms with Crippen molar-refractivity contribution in [2.75, 3.05) is 6.54 Å². The van der Waals surface area contributed by atoms with Crippen LogP contribution in [-0.2, 0) is 6.42 Å². The maximum absolute atomic E-state index is 13.8. The molecule has 0 bridgehead atoms. The van der Waals surface area contributed by atoms with Crippen molar-refractivity contribution in [2.45, 2.75) is 39.7 Å². The Morgan fingerprint density at radius 1 is 1.37 bits per heavy atom. The highest BCUT2D eigenvalue weighted by molar-refractivity contribution is 9.10. The highest BCUT2D eigenvalue weighted by Crippen LogP contribution is 2.23. The summed E-state index contributed by atoms with van der Waals surface area (Å²) < 4.78 is 27.7. The van der Waals surface area contributed by atoms with Crippen LogP contribution in [0.2, 0.25) is 0 Å². The van der Waals surface area contributed by atoms with E-state index in [4.69, 9.17) is 0 Å². The summed E-state index contributed by atoms with van der Waals surface area (Å²) in [6.07, 6.45) is 3.19. The van der Waals surface area contributed by atoms with Crippen LogP contribution in [0.15, 0.2) is 28.3 Å². The molecule has 0 saturated heterocycles. The quantitative estimate of drug-likeness (QED) is 0.456. The minimum Gasteiger partial charge on any atom is -0.314 e. The lowest BCUT2D eigenvalue weighted by atomic mass is 10.0. The second-order valence-corrected chi connectivity index (χ2v) is 5.80. The average molecular weight is 332 g/mol. The molecule has 1 aromatic rings. The van der Waals surface area contributed by atoms with Gasteiger partial charge in [0.2, 0.25) is 0 Å². The summed E-state index contributed by atoms with van der Waals surface area (Å²) in [6.45, 7) is 6.94. The number of allylic oxidation sites excluding steroid dienone is 1. The molecule has 0 aliphatic carbocycles. The molecule has 1 rings (SSSR count). The van der Waals surface area contributed by atoms with Crippen LogP contribution >= 0.6 is 15.9 Å². The number of halogens is 3. The lowest BCUT2D eigenvalue weighted by Gasteiger charge is -2.08. The molecule has 19 heavy (non-hydrogen) atoms. The molecule has 0 amide bonds. The summed E-state index contributed by atoms with van der Waals surface area (Å²) in [7, 11) is 0. The molecule has 106 valence electrons. The molecule has 0 aromatic heterocycles. The van der Waals surface area contributed by atoms with Gasteiger partial charge in [0.15, 0.2) is 0 Å². The number of rotatable bonds is 6. The van der Waals surface area contributed by atoms with Crippen molar-refractivity contribution >= 4 is 15.9 Å². The minimum atomic E-state index is -0.506. The highest BCUT2D eigenvalue weighted by atomic mass is 79.9. The normalized spacial score (nSPS) is 12.3. The zero-order valence-corrected chi connectivity index (χ0v) is 13.2. The largest absolute Gasteiger partial charge is 0.314 e. The van der Waals surface area contributed by atoms with Gasteiger partial charge in [-0.05, 0) is 54.4 Å². The van der Waals surface area contributed by atoms with E-state index in [2.05, 4.69) is 35.1 Å². The molecule has 0 aliphatic heterocycles. The molecule has 1 N–H and O–H groups in total. The maximum Gasteiger partial charge on any atom is 0.143 e. The van der Waals surface area contributed by atoms with Crippen LogP contribution < -0.4 is 5.32 Å². The van der Waals surface area contributed by atoms with Crippen LogP contribution in [0.5, 0.6) is 0 Å².